The molecule has 4 rings (SSSR count). The predicted molar refractivity (Wildman–Crippen MR) is 80.1 cm³/mol. The van der Waals surface area contributed by atoms with Gasteiger partial charge in [-0.15, -0.1) is 10.2 Å². The van der Waals surface area contributed by atoms with Crippen LogP contribution in [0.5, 0.6) is 11.5 Å². The van der Waals surface area contributed by atoms with Crippen molar-refractivity contribution in [2.45, 2.75) is 0 Å². The number of rotatable bonds is 2. The van der Waals surface area contributed by atoms with Crippen molar-refractivity contribution in [1.82, 2.24) is 10.2 Å². The van der Waals surface area contributed by atoms with Crippen molar-refractivity contribution in [3.8, 4) is 11.5 Å². The first-order chi connectivity index (χ1) is 10.8. The average molecular weight is 293 g/mol. The van der Waals surface area contributed by atoms with E-state index < -0.39 is 0 Å². The van der Waals surface area contributed by atoms with Crippen LogP contribution in [-0.4, -0.2) is 22.9 Å². The van der Waals surface area contributed by atoms with E-state index in [1.807, 2.05) is 24.3 Å². The number of anilines is 1. The number of nitrogens with zero attached hydrogens (tertiary/aromatic N) is 2. The molecular formula is C16H11N3O3. The standard InChI is InChI=1S/C16H11N3O3/c20-16(13-7-10-3-1-2-4-12(10)18-19-13)17-11-5-6-14-15(8-11)22-9-21-14/h1-8H,9H2,(H,17,20). The van der Waals surface area contributed by atoms with E-state index in [0.29, 0.717) is 17.2 Å². The van der Waals surface area contributed by atoms with Gasteiger partial charge in [0.1, 0.15) is 0 Å². The Bertz CT molecular complexity index is 879. The van der Waals surface area contributed by atoms with Crippen molar-refractivity contribution in [1.29, 1.82) is 0 Å². The Labute approximate surface area is 125 Å². The molecule has 0 bridgehead atoms. The summed E-state index contributed by atoms with van der Waals surface area (Å²) in [6, 6.07) is 14.4. The quantitative estimate of drug-likeness (QED) is 0.786. The van der Waals surface area contributed by atoms with E-state index in [4.69, 9.17) is 9.47 Å². The molecule has 0 unspecified atom stereocenters. The van der Waals surface area contributed by atoms with Gasteiger partial charge in [0.25, 0.3) is 5.91 Å². The van der Waals surface area contributed by atoms with Gasteiger partial charge in [0, 0.05) is 17.1 Å². The molecule has 0 aliphatic carbocycles. The van der Waals surface area contributed by atoms with Crippen molar-refractivity contribution in [3.63, 3.8) is 0 Å². The summed E-state index contributed by atoms with van der Waals surface area (Å²) < 4.78 is 10.5. The van der Waals surface area contributed by atoms with Gasteiger partial charge in [-0.2, -0.15) is 0 Å². The van der Waals surface area contributed by atoms with Crippen LogP contribution in [0.3, 0.4) is 0 Å². The second-order valence-corrected chi connectivity index (χ2v) is 4.81. The summed E-state index contributed by atoms with van der Waals surface area (Å²) in [4.78, 5) is 12.3. The lowest BCUT2D eigenvalue weighted by Gasteiger charge is -2.06. The van der Waals surface area contributed by atoms with E-state index in [1.165, 1.54) is 0 Å². The van der Waals surface area contributed by atoms with Gasteiger partial charge in [-0.05, 0) is 24.3 Å². The fourth-order valence-corrected chi connectivity index (χ4v) is 2.26. The van der Waals surface area contributed by atoms with Gasteiger partial charge in [0.05, 0.1) is 5.52 Å². The number of ether oxygens (including phenoxy) is 2. The SMILES string of the molecule is O=C(Nc1ccc2c(c1)OCO2)c1cc2ccccc2nn1. The van der Waals surface area contributed by atoms with Crippen LogP contribution in [0.15, 0.2) is 48.5 Å². The van der Waals surface area contributed by atoms with Crippen LogP contribution in [0, 0.1) is 0 Å². The first kappa shape index (κ1) is 12.6. The number of aromatic nitrogens is 2. The molecule has 3 aromatic rings. The van der Waals surface area contributed by atoms with Gasteiger partial charge in [-0.3, -0.25) is 4.79 Å². The number of hydrogen-bond acceptors (Lipinski definition) is 5. The lowest BCUT2D eigenvalue weighted by molar-refractivity contribution is 0.102. The Morgan fingerprint density at radius 2 is 1.86 bits per heavy atom. The molecule has 6 heteroatoms. The fourth-order valence-electron chi connectivity index (χ4n) is 2.26. The zero-order chi connectivity index (χ0) is 14.9. The number of nitrogens with one attached hydrogen (secondary N) is 1. The van der Waals surface area contributed by atoms with E-state index in [0.717, 1.165) is 10.9 Å². The summed E-state index contributed by atoms with van der Waals surface area (Å²) in [5.74, 6) is 0.961. The van der Waals surface area contributed by atoms with Crippen LogP contribution in [0.4, 0.5) is 5.69 Å². The highest BCUT2D eigenvalue weighted by molar-refractivity contribution is 6.04. The van der Waals surface area contributed by atoms with Gasteiger partial charge in [-0.1, -0.05) is 18.2 Å². The summed E-state index contributed by atoms with van der Waals surface area (Å²) in [6.07, 6.45) is 0. The maximum atomic E-state index is 12.3. The lowest BCUT2D eigenvalue weighted by atomic mass is 10.2. The van der Waals surface area contributed by atoms with Crippen molar-refractivity contribution < 1.29 is 14.3 Å². The van der Waals surface area contributed by atoms with Gasteiger partial charge >= 0.3 is 0 Å². The molecule has 6 nitrogen and oxygen atoms in total. The highest BCUT2D eigenvalue weighted by atomic mass is 16.7. The second-order valence-electron chi connectivity index (χ2n) is 4.81. The van der Waals surface area contributed by atoms with Crippen LogP contribution >= 0.6 is 0 Å². The van der Waals surface area contributed by atoms with Crippen LogP contribution in [0.1, 0.15) is 10.5 Å². The number of carbonyl (C=O) groups excluding carboxylic acids is 1. The third-order valence-corrected chi connectivity index (χ3v) is 3.36. The highest BCUT2D eigenvalue weighted by Gasteiger charge is 2.15. The minimum Gasteiger partial charge on any atom is -0.454 e. The smallest absolute Gasteiger partial charge is 0.276 e. The summed E-state index contributed by atoms with van der Waals surface area (Å²) in [5, 5.41) is 11.6. The summed E-state index contributed by atoms with van der Waals surface area (Å²) in [6.45, 7) is 0.197. The van der Waals surface area contributed by atoms with Gasteiger partial charge in [0.2, 0.25) is 6.79 Å². The first-order valence-electron chi connectivity index (χ1n) is 6.73. The number of amides is 1. The second kappa shape index (κ2) is 5.00. The Morgan fingerprint density at radius 3 is 2.82 bits per heavy atom. The molecule has 1 aromatic heterocycles. The number of benzene rings is 2. The van der Waals surface area contributed by atoms with Crippen molar-refractivity contribution in [3.05, 3.63) is 54.2 Å². The molecule has 1 aliphatic rings. The number of carbonyl (C=O) groups is 1. The molecule has 0 atom stereocenters. The fraction of sp³-hybridized carbons (Fsp3) is 0.0625. The Balaban J connectivity index is 1.60. The number of fused-ring (bicyclic) bond motifs is 2. The van der Waals surface area contributed by atoms with E-state index >= 15 is 0 Å². The van der Waals surface area contributed by atoms with Gasteiger partial charge < -0.3 is 14.8 Å². The molecule has 0 fully saturated rings. The molecule has 22 heavy (non-hydrogen) atoms. The third-order valence-electron chi connectivity index (χ3n) is 3.36. The Kier molecular flexibility index (Phi) is 2.86. The predicted octanol–water partition coefficient (Wildman–Crippen LogP) is 2.61. The minimum absolute atomic E-state index is 0.197. The molecule has 108 valence electrons. The Morgan fingerprint density at radius 1 is 1.00 bits per heavy atom. The zero-order valence-electron chi connectivity index (χ0n) is 11.4. The topological polar surface area (TPSA) is 73.3 Å². The van der Waals surface area contributed by atoms with Crippen LogP contribution in [0.25, 0.3) is 10.9 Å². The van der Waals surface area contributed by atoms with Crippen molar-refractivity contribution in [2.24, 2.45) is 0 Å². The molecule has 1 amide bonds. The molecule has 0 saturated carbocycles. The molecule has 1 aliphatic heterocycles. The van der Waals surface area contributed by atoms with Crippen molar-refractivity contribution in [2.75, 3.05) is 12.1 Å². The maximum absolute atomic E-state index is 12.3. The molecule has 0 spiro atoms. The number of hydrogen-bond donors (Lipinski definition) is 1. The minimum atomic E-state index is -0.322. The zero-order valence-corrected chi connectivity index (χ0v) is 11.4. The molecule has 2 heterocycles. The molecule has 0 saturated heterocycles. The summed E-state index contributed by atoms with van der Waals surface area (Å²) in [5.41, 5.74) is 1.63. The van der Waals surface area contributed by atoms with E-state index in [2.05, 4.69) is 15.5 Å². The first-order valence-corrected chi connectivity index (χ1v) is 6.73. The van der Waals surface area contributed by atoms with Crippen LogP contribution < -0.4 is 14.8 Å². The average Bonchev–Trinajstić information content (AvgIpc) is 3.02. The van der Waals surface area contributed by atoms with Gasteiger partial charge in [0.15, 0.2) is 17.2 Å². The van der Waals surface area contributed by atoms with Crippen LogP contribution in [-0.2, 0) is 0 Å². The summed E-state index contributed by atoms with van der Waals surface area (Å²) in [7, 11) is 0. The largest absolute Gasteiger partial charge is 0.454 e. The highest BCUT2D eigenvalue weighted by Crippen LogP contribution is 2.34. The lowest BCUT2D eigenvalue weighted by Crippen LogP contribution is -2.14. The van der Waals surface area contributed by atoms with Crippen molar-refractivity contribution >= 4 is 22.5 Å². The molecular weight excluding hydrogens is 282 g/mol. The van der Waals surface area contributed by atoms with Gasteiger partial charge in [-0.25, -0.2) is 0 Å². The van der Waals surface area contributed by atoms with E-state index in [1.54, 1.807) is 24.3 Å². The maximum Gasteiger partial charge on any atom is 0.276 e. The Hall–Kier alpha value is -3.15. The third kappa shape index (κ3) is 2.20. The molecule has 1 N–H and O–H groups in total. The normalized spacial score (nSPS) is 12.4. The van der Waals surface area contributed by atoms with Crippen LogP contribution in [0.2, 0.25) is 0 Å². The van der Waals surface area contributed by atoms with E-state index in [9.17, 15) is 4.79 Å². The summed E-state index contributed by atoms with van der Waals surface area (Å²) >= 11 is 0. The molecule has 0 radical (unpaired) electrons. The monoisotopic (exact) mass is 293 g/mol. The molecule has 2 aromatic carbocycles. The van der Waals surface area contributed by atoms with E-state index in [-0.39, 0.29) is 18.4 Å².